The molecule has 0 saturated heterocycles. The Balaban J connectivity index is 1.71. The fourth-order valence-corrected chi connectivity index (χ4v) is 3.80. The minimum atomic E-state index is 0.395. The zero-order valence-electron chi connectivity index (χ0n) is 12.3. The third-order valence-electron chi connectivity index (χ3n) is 4.88. The lowest BCUT2D eigenvalue weighted by atomic mass is 9.85. The van der Waals surface area contributed by atoms with Gasteiger partial charge in [0.15, 0.2) is 0 Å². The molecule has 1 fully saturated rings. The van der Waals surface area contributed by atoms with E-state index in [9.17, 15) is 5.11 Å². The van der Waals surface area contributed by atoms with Crippen LogP contribution in [0, 0.1) is 0 Å². The van der Waals surface area contributed by atoms with E-state index in [1.165, 1.54) is 31.2 Å². The van der Waals surface area contributed by atoms with Crippen molar-refractivity contribution in [1.82, 2.24) is 5.32 Å². The van der Waals surface area contributed by atoms with Gasteiger partial charge in [-0.3, -0.25) is 0 Å². The quantitative estimate of drug-likeness (QED) is 0.889. The van der Waals surface area contributed by atoms with Gasteiger partial charge >= 0.3 is 0 Å². The lowest BCUT2D eigenvalue weighted by molar-refractivity contribution is 0.0564. The van der Waals surface area contributed by atoms with E-state index in [1.54, 1.807) is 0 Å². The number of ether oxygens (including phenoxy) is 1. The van der Waals surface area contributed by atoms with Crippen LogP contribution in [0.2, 0.25) is 0 Å². The van der Waals surface area contributed by atoms with E-state index in [-0.39, 0.29) is 0 Å². The second-order valence-corrected chi connectivity index (χ2v) is 6.18. The highest BCUT2D eigenvalue weighted by molar-refractivity contribution is 5.42. The first kappa shape index (κ1) is 13.9. The summed E-state index contributed by atoms with van der Waals surface area (Å²) in [4.78, 5) is 0. The topological polar surface area (TPSA) is 41.5 Å². The Kier molecular flexibility index (Phi) is 4.27. The van der Waals surface area contributed by atoms with E-state index >= 15 is 0 Å². The van der Waals surface area contributed by atoms with Crippen molar-refractivity contribution in [2.24, 2.45) is 0 Å². The van der Waals surface area contributed by atoms with Crippen molar-refractivity contribution in [2.75, 3.05) is 7.11 Å². The maximum Gasteiger partial charge on any atom is 0.119 e. The Hall–Kier alpha value is -1.06. The molecule has 3 nitrogen and oxygen atoms in total. The second-order valence-electron chi connectivity index (χ2n) is 6.18. The van der Waals surface area contributed by atoms with Crippen LogP contribution in [-0.2, 0) is 11.2 Å². The lowest BCUT2D eigenvalue weighted by Gasteiger charge is -2.34. The third kappa shape index (κ3) is 2.84. The number of rotatable bonds is 3. The van der Waals surface area contributed by atoms with Gasteiger partial charge in [-0.05, 0) is 62.1 Å². The van der Waals surface area contributed by atoms with E-state index in [2.05, 4.69) is 11.4 Å². The highest BCUT2D eigenvalue weighted by Gasteiger charge is 2.27. The van der Waals surface area contributed by atoms with Crippen LogP contribution in [0.25, 0.3) is 0 Å². The molecule has 110 valence electrons. The number of aromatic hydroxyl groups is 1. The van der Waals surface area contributed by atoms with Crippen LogP contribution in [0.15, 0.2) is 18.2 Å². The molecule has 3 heteroatoms. The number of phenolic OH excluding ortho intramolecular Hbond substituents is 1. The Morgan fingerprint density at radius 3 is 2.95 bits per heavy atom. The highest BCUT2D eigenvalue weighted by Crippen LogP contribution is 2.35. The summed E-state index contributed by atoms with van der Waals surface area (Å²) in [7, 11) is 1.82. The summed E-state index contributed by atoms with van der Waals surface area (Å²) in [6, 6.07) is 6.89. The monoisotopic (exact) mass is 275 g/mol. The molecule has 0 heterocycles. The van der Waals surface area contributed by atoms with Crippen LogP contribution < -0.4 is 5.32 Å². The molecule has 0 radical (unpaired) electrons. The van der Waals surface area contributed by atoms with Crippen molar-refractivity contribution in [3.05, 3.63) is 29.3 Å². The molecule has 3 atom stereocenters. The summed E-state index contributed by atoms with van der Waals surface area (Å²) in [5.41, 5.74) is 2.45. The van der Waals surface area contributed by atoms with Gasteiger partial charge in [0, 0.05) is 19.2 Å². The molecule has 1 aromatic rings. The van der Waals surface area contributed by atoms with Crippen molar-refractivity contribution < 1.29 is 9.84 Å². The fourth-order valence-electron chi connectivity index (χ4n) is 3.80. The smallest absolute Gasteiger partial charge is 0.119 e. The average Bonchev–Trinajstić information content (AvgIpc) is 2.49. The van der Waals surface area contributed by atoms with Gasteiger partial charge in [-0.1, -0.05) is 12.1 Å². The summed E-state index contributed by atoms with van der Waals surface area (Å²) >= 11 is 0. The van der Waals surface area contributed by atoms with Crippen LogP contribution in [0.5, 0.6) is 5.75 Å². The van der Waals surface area contributed by atoms with Crippen LogP contribution in [-0.4, -0.2) is 24.4 Å². The predicted octanol–water partition coefficient (Wildman–Crippen LogP) is 3.32. The summed E-state index contributed by atoms with van der Waals surface area (Å²) in [5, 5.41) is 13.8. The minimum Gasteiger partial charge on any atom is -0.508 e. The highest BCUT2D eigenvalue weighted by atomic mass is 16.5. The first-order chi connectivity index (χ1) is 9.78. The van der Waals surface area contributed by atoms with Gasteiger partial charge in [0.25, 0.3) is 0 Å². The first-order valence-electron chi connectivity index (χ1n) is 7.87. The molecule has 3 rings (SSSR count). The van der Waals surface area contributed by atoms with Crippen LogP contribution in [0.4, 0.5) is 0 Å². The van der Waals surface area contributed by atoms with E-state index in [0.29, 0.717) is 23.9 Å². The molecule has 0 amide bonds. The second kappa shape index (κ2) is 6.15. The average molecular weight is 275 g/mol. The summed E-state index contributed by atoms with van der Waals surface area (Å²) in [6.45, 7) is 0. The van der Waals surface area contributed by atoms with Gasteiger partial charge in [-0.2, -0.15) is 0 Å². The molecular weight excluding hydrogens is 250 g/mol. The molecule has 20 heavy (non-hydrogen) atoms. The molecule has 1 aromatic carbocycles. The molecule has 2 aliphatic rings. The number of hydrogen-bond acceptors (Lipinski definition) is 3. The molecule has 2 aliphatic carbocycles. The van der Waals surface area contributed by atoms with Gasteiger partial charge < -0.3 is 15.2 Å². The number of fused-ring (bicyclic) bond motifs is 1. The summed E-state index contributed by atoms with van der Waals surface area (Å²) < 4.78 is 5.52. The Morgan fingerprint density at radius 1 is 1.20 bits per heavy atom. The van der Waals surface area contributed by atoms with E-state index in [1.807, 2.05) is 19.2 Å². The number of benzene rings is 1. The number of methoxy groups -OCH3 is 1. The number of hydrogen-bond donors (Lipinski definition) is 2. The summed E-state index contributed by atoms with van der Waals surface area (Å²) in [5.74, 6) is 0.465. The van der Waals surface area contributed by atoms with Crippen LogP contribution in [0.3, 0.4) is 0 Å². The van der Waals surface area contributed by atoms with E-state index in [4.69, 9.17) is 4.74 Å². The van der Waals surface area contributed by atoms with Crippen molar-refractivity contribution in [1.29, 1.82) is 0 Å². The number of phenols is 1. The first-order valence-corrected chi connectivity index (χ1v) is 7.87. The van der Waals surface area contributed by atoms with E-state index in [0.717, 1.165) is 24.8 Å². The molecule has 0 spiro atoms. The van der Waals surface area contributed by atoms with Crippen molar-refractivity contribution in [2.45, 2.75) is 63.1 Å². The standard InChI is InChI=1S/C17H25NO2/c1-20-13-6-2-5-12(11-13)18-16-9-3-8-15-14(16)7-4-10-17(15)19/h4,7,10,12-13,16,18-19H,2-3,5-6,8-9,11H2,1H3/t12-,13+,16-/m0/s1. The fraction of sp³-hybridized carbons (Fsp3) is 0.647. The van der Waals surface area contributed by atoms with E-state index < -0.39 is 0 Å². The Morgan fingerprint density at radius 2 is 2.10 bits per heavy atom. The van der Waals surface area contributed by atoms with Crippen LogP contribution in [0.1, 0.15) is 55.7 Å². The largest absolute Gasteiger partial charge is 0.508 e. The van der Waals surface area contributed by atoms with Crippen molar-refractivity contribution in [3.8, 4) is 5.75 Å². The van der Waals surface area contributed by atoms with Crippen molar-refractivity contribution >= 4 is 0 Å². The third-order valence-corrected chi connectivity index (χ3v) is 4.88. The summed E-state index contributed by atoms with van der Waals surface area (Å²) in [6.07, 6.45) is 8.53. The molecular formula is C17H25NO2. The lowest BCUT2D eigenvalue weighted by Crippen LogP contribution is -2.39. The molecule has 0 aromatic heterocycles. The Bertz CT molecular complexity index is 460. The molecule has 0 aliphatic heterocycles. The van der Waals surface area contributed by atoms with Crippen molar-refractivity contribution in [3.63, 3.8) is 0 Å². The maximum absolute atomic E-state index is 10.0. The van der Waals surface area contributed by atoms with Gasteiger partial charge in [-0.15, -0.1) is 0 Å². The normalized spacial score (nSPS) is 29.9. The van der Waals surface area contributed by atoms with Gasteiger partial charge in [0.1, 0.15) is 5.75 Å². The van der Waals surface area contributed by atoms with Gasteiger partial charge in [-0.25, -0.2) is 0 Å². The Labute approximate surface area is 121 Å². The molecule has 2 N–H and O–H groups in total. The zero-order valence-corrected chi connectivity index (χ0v) is 12.3. The van der Waals surface area contributed by atoms with Gasteiger partial charge in [0.05, 0.1) is 6.10 Å². The molecule has 0 unspecified atom stereocenters. The predicted molar refractivity (Wildman–Crippen MR) is 80.0 cm³/mol. The van der Waals surface area contributed by atoms with Gasteiger partial charge in [0.2, 0.25) is 0 Å². The SMILES string of the molecule is CO[C@@H]1CCC[C@H](N[C@H]2CCCc3c(O)cccc32)C1. The minimum absolute atomic E-state index is 0.395. The van der Waals surface area contributed by atoms with Crippen LogP contribution >= 0.6 is 0 Å². The zero-order chi connectivity index (χ0) is 13.9. The molecule has 0 bridgehead atoms. The number of nitrogens with one attached hydrogen (secondary N) is 1. The molecule has 1 saturated carbocycles. The maximum atomic E-state index is 10.0.